The first-order chi connectivity index (χ1) is 16.0. The molecule has 0 bridgehead atoms. The van der Waals surface area contributed by atoms with E-state index in [1.165, 1.54) is 6.08 Å². The zero-order valence-corrected chi connectivity index (χ0v) is 20.5. The molecule has 2 rings (SSSR count). The summed E-state index contributed by atoms with van der Waals surface area (Å²) in [6.07, 6.45) is 1.46. The fourth-order valence-corrected chi connectivity index (χ4v) is 3.14. The predicted octanol–water partition coefficient (Wildman–Crippen LogP) is 4.07. The summed E-state index contributed by atoms with van der Waals surface area (Å²) in [5.74, 6) is -1.43. The van der Waals surface area contributed by atoms with E-state index in [0.717, 1.165) is 17.0 Å². The van der Waals surface area contributed by atoms with Gasteiger partial charge < -0.3 is 19.4 Å². The summed E-state index contributed by atoms with van der Waals surface area (Å²) < 4.78 is 12.2. The summed E-state index contributed by atoms with van der Waals surface area (Å²) in [4.78, 5) is 36.9. The minimum absolute atomic E-state index is 0.143. The number of ether oxygens (including phenoxy) is 2. The van der Waals surface area contributed by atoms with Crippen molar-refractivity contribution in [3.05, 3.63) is 58.4 Å². The maximum absolute atomic E-state index is 12.4. The number of rotatable bonds is 9. The Balaban J connectivity index is 2.03. The molecule has 8 heteroatoms. The summed E-state index contributed by atoms with van der Waals surface area (Å²) in [7, 11) is 1.62. The number of hydrogen-bond donors (Lipinski definition) is 1. The lowest BCUT2D eigenvalue weighted by Gasteiger charge is -2.17. The topological polar surface area (TPSA) is 110 Å². The van der Waals surface area contributed by atoms with E-state index < -0.39 is 23.8 Å². The van der Waals surface area contributed by atoms with Crippen LogP contribution in [0, 0.1) is 30.6 Å². The van der Waals surface area contributed by atoms with Gasteiger partial charge in [0.15, 0.2) is 12.4 Å². The molecule has 0 atom stereocenters. The molecule has 180 valence electrons. The number of aryl methyl sites for hydroxylation is 1. The number of Topliss-reactive ketones (excluding diaryl/α,β-unsaturated/α-hetero) is 1. The van der Waals surface area contributed by atoms with Crippen molar-refractivity contribution in [1.82, 2.24) is 4.57 Å². The van der Waals surface area contributed by atoms with E-state index in [2.05, 4.69) is 5.32 Å². The molecular weight excluding hydrogens is 434 g/mol. The van der Waals surface area contributed by atoms with Crippen molar-refractivity contribution in [2.24, 2.45) is 5.41 Å². The van der Waals surface area contributed by atoms with Crippen LogP contribution < -0.4 is 5.32 Å². The molecule has 34 heavy (non-hydrogen) atoms. The zero-order chi connectivity index (χ0) is 25.5. The number of carbonyl (C=O) groups excluding carboxylic acids is 3. The fraction of sp³-hybridized carbons (Fsp3) is 0.385. The first-order valence-electron chi connectivity index (χ1n) is 10.9. The average Bonchev–Trinajstić information content (AvgIpc) is 3.06. The maximum atomic E-state index is 12.4. The minimum atomic E-state index is -0.869. The van der Waals surface area contributed by atoms with Gasteiger partial charge in [0, 0.05) is 41.7 Å². The Morgan fingerprint density at radius 1 is 1.15 bits per heavy atom. The van der Waals surface area contributed by atoms with Gasteiger partial charge in [0.25, 0.3) is 0 Å². The van der Waals surface area contributed by atoms with E-state index >= 15 is 0 Å². The number of carbonyl (C=O) groups is 3. The quantitative estimate of drug-likeness (QED) is 0.259. The van der Waals surface area contributed by atoms with Crippen molar-refractivity contribution in [3.63, 3.8) is 0 Å². The van der Waals surface area contributed by atoms with Crippen LogP contribution >= 0.6 is 0 Å². The molecule has 0 aliphatic carbocycles. The Bertz CT molecular complexity index is 1130. The van der Waals surface area contributed by atoms with Crippen LogP contribution in [-0.2, 0) is 25.6 Å². The number of hydrogen-bond acceptors (Lipinski definition) is 6. The normalized spacial score (nSPS) is 11.6. The Labute approximate surface area is 200 Å². The van der Waals surface area contributed by atoms with Gasteiger partial charge in [-0.25, -0.2) is 4.79 Å². The smallest absolute Gasteiger partial charge is 0.349 e. The highest BCUT2D eigenvalue weighted by molar-refractivity contribution is 6.02. The Hall–Kier alpha value is -3.70. The summed E-state index contributed by atoms with van der Waals surface area (Å²) in [6, 6.07) is 10.0. The van der Waals surface area contributed by atoms with Crippen LogP contribution in [0.15, 0.2) is 35.9 Å². The molecule has 0 aliphatic rings. The number of nitrogens with one attached hydrogen (secondary N) is 1. The maximum Gasteiger partial charge on any atom is 0.349 e. The fourth-order valence-electron chi connectivity index (χ4n) is 3.14. The van der Waals surface area contributed by atoms with Crippen molar-refractivity contribution in [2.75, 3.05) is 25.6 Å². The van der Waals surface area contributed by atoms with Gasteiger partial charge in [-0.3, -0.25) is 9.59 Å². The number of esters is 1. The molecule has 0 saturated carbocycles. The monoisotopic (exact) mass is 465 g/mol. The van der Waals surface area contributed by atoms with Crippen LogP contribution in [-0.4, -0.2) is 42.6 Å². The minimum Gasteiger partial charge on any atom is -0.453 e. The summed E-state index contributed by atoms with van der Waals surface area (Å²) in [5.41, 5.74) is 2.74. The molecule has 0 saturated heterocycles. The second kappa shape index (κ2) is 11.4. The molecule has 1 aromatic carbocycles. The third-order valence-electron chi connectivity index (χ3n) is 5.25. The third-order valence-corrected chi connectivity index (χ3v) is 5.25. The highest BCUT2D eigenvalue weighted by Gasteiger charge is 2.21. The van der Waals surface area contributed by atoms with Crippen LogP contribution in [0.25, 0.3) is 6.08 Å². The number of methoxy groups -OCH3 is 1. The molecule has 1 aromatic heterocycles. The average molecular weight is 466 g/mol. The molecule has 2 aromatic rings. The van der Waals surface area contributed by atoms with E-state index in [1.54, 1.807) is 52.1 Å². The van der Waals surface area contributed by atoms with E-state index in [9.17, 15) is 19.6 Å². The van der Waals surface area contributed by atoms with E-state index in [-0.39, 0.29) is 11.5 Å². The number of aromatic nitrogens is 1. The lowest BCUT2D eigenvalue weighted by molar-refractivity contribution is -0.137. The summed E-state index contributed by atoms with van der Waals surface area (Å²) in [5, 5.41) is 12.2. The van der Waals surface area contributed by atoms with Crippen LogP contribution in [0.3, 0.4) is 0 Å². The predicted molar refractivity (Wildman–Crippen MR) is 129 cm³/mol. The van der Waals surface area contributed by atoms with Gasteiger partial charge >= 0.3 is 5.97 Å². The van der Waals surface area contributed by atoms with Gasteiger partial charge in [-0.05, 0) is 55.8 Å². The molecule has 0 radical (unpaired) electrons. The molecule has 1 N–H and O–H groups in total. The van der Waals surface area contributed by atoms with Crippen molar-refractivity contribution < 1.29 is 23.9 Å². The summed E-state index contributed by atoms with van der Waals surface area (Å²) >= 11 is 0. The van der Waals surface area contributed by atoms with E-state index in [4.69, 9.17) is 9.47 Å². The molecular formula is C26H31N3O5. The van der Waals surface area contributed by atoms with Gasteiger partial charge in [0.1, 0.15) is 11.6 Å². The van der Waals surface area contributed by atoms with Crippen LogP contribution in [0.2, 0.25) is 0 Å². The van der Waals surface area contributed by atoms with Gasteiger partial charge in [-0.1, -0.05) is 20.8 Å². The van der Waals surface area contributed by atoms with Crippen molar-refractivity contribution in [2.45, 2.75) is 41.2 Å². The van der Waals surface area contributed by atoms with Crippen molar-refractivity contribution in [1.29, 1.82) is 5.26 Å². The highest BCUT2D eigenvalue weighted by atomic mass is 16.5. The van der Waals surface area contributed by atoms with Crippen molar-refractivity contribution in [3.8, 4) is 6.07 Å². The number of benzene rings is 1. The molecule has 0 unspecified atom stereocenters. The summed E-state index contributed by atoms with van der Waals surface area (Å²) in [6.45, 7) is 9.93. The first kappa shape index (κ1) is 26.6. The number of nitriles is 1. The van der Waals surface area contributed by atoms with Crippen molar-refractivity contribution >= 4 is 29.4 Å². The van der Waals surface area contributed by atoms with E-state index in [1.807, 2.05) is 30.6 Å². The Morgan fingerprint density at radius 2 is 1.79 bits per heavy atom. The number of amides is 1. The molecule has 0 fully saturated rings. The highest BCUT2D eigenvalue weighted by Crippen LogP contribution is 2.20. The number of ketones is 1. The molecule has 0 aliphatic heterocycles. The largest absolute Gasteiger partial charge is 0.453 e. The number of nitrogens with zero attached hydrogens (tertiary/aromatic N) is 2. The van der Waals surface area contributed by atoms with Gasteiger partial charge in [-0.2, -0.15) is 5.26 Å². The molecule has 1 heterocycles. The lowest BCUT2D eigenvalue weighted by Crippen LogP contribution is -2.27. The lowest BCUT2D eigenvalue weighted by atomic mass is 9.95. The van der Waals surface area contributed by atoms with Crippen LogP contribution in [0.1, 0.15) is 48.1 Å². The Morgan fingerprint density at radius 3 is 2.35 bits per heavy atom. The van der Waals surface area contributed by atoms with E-state index in [0.29, 0.717) is 24.4 Å². The van der Waals surface area contributed by atoms with Gasteiger partial charge in [-0.15, -0.1) is 0 Å². The SMILES string of the molecule is COCCn1c(C)cc(/C=C(\C#N)C(=O)OCC(=O)c2ccc(NC(=O)C(C)(C)C)cc2)c1C. The second-order valence-corrected chi connectivity index (χ2v) is 8.92. The Kier molecular flexibility index (Phi) is 8.93. The van der Waals surface area contributed by atoms with Gasteiger partial charge in [0.2, 0.25) is 5.91 Å². The van der Waals surface area contributed by atoms with Gasteiger partial charge in [0.05, 0.1) is 6.61 Å². The molecule has 0 spiro atoms. The third kappa shape index (κ3) is 6.90. The zero-order valence-electron chi connectivity index (χ0n) is 20.5. The number of anilines is 1. The second-order valence-electron chi connectivity index (χ2n) is 8.92. The molecule has 1 amide bonds. The molecule has 8 nitrogen and oxygen atoms in total. The first-order valence-corrected chi connectivity index (χ1v) is 10.9. The van der Waals surface area contributed by atoms with Crippen LogP contribution in [0.4, 0.5) is 5.69 Å². The standard InChI is InChI=1S/C26H31N3O5/c1-17-13-20(18(2)29(17)11-12-33-6)14-21(15-27)24(31)34-16-23(30)19-7-9-22(10-8-19)28-25(32)26(3,4)5/h7-10,13-14H,11-12,16H2,1-6H3,(H,28,32)/b21-14+. The van der Waals surface area contributed by atoms with Crippen LogP contribution in [0.5, 0.6) is 0 Å².